The highest BCUT2D eigenvalue weighted by Crippen LogP contribution is 2.27. The van der Waals surface area contributed by atoms with Gasteiger partial charge in [0.2, 0.25) is 0 Å². The van der Waals surface area contributed by atoms with E-state index in [2.05, 4.69) is 38.5 Å². The second kappa shape index (κ2) is 4.93. The van der Waals surface area contributed by atoms with Crippen LogP contribution in [-0.2, 0) is 4.79 Å². The van der Waals surface area contributed by atoms with Gasteiger partial charge in [-0.25, -0.2) is 4.79 Å². The monoisotopic (exact) mass is 366 g/mol. The molecule has 0 aliphatic rings. The van der Waals surface area contributed by atoms with Crippen LogP contribution in [0.3, 0.4) is 0 Å². The molecule has 0 spiro atoms. The molecular weight excluding hydrogens is 359 g/mol. The third-order valence-electron chi connectivity index (χ3n) is 1.71. The van der Waals surface area contributed by atoms with Gasteiger partial charge in [0.1, 0.15) is 0 Å². The smallest absolute Gasteiger partial charge is 0.328 e. The first-order valence-corrected chi connectivity index (χ1v) is 5.75. The molecule has 0 bridgehead atoms. The predicted molar refractivity (Wildman–Crippen MR) is 68.3 cm³/mol. The third-order valence-corrected chi connectivity index (χ3v) is 4.70. The zero-order chi connectivity index (χ0) is 10.7. The van der Waals surface area contributed by atoms with Crippen LogP contribution in [0.5, 0.6) is 0 Å². The number of carbonyl (C=O) groups is 1. The Balaban J connectivity index is 3.12. The fourth-order valence-corrected chi connectivity index (χ4v) is 2.02. The van der Waals surface area contributed by atoms with E-state index < -0.39 is 5.97 Å². The average Bonchev–Trinajstić information content (AvgIpc) is 2.13. The summed E-state index contributed by atoms with van der Waals surface area (Å²) >= 11 is 5.65. The Labute approximate surface area is 104 Å². The molecule has 1 N–H and O–H groups in total. The number of rotatable bonds is 2. The van der Waals surface area contributed by atoms with E-state index in [9.17, 15) is 4.79 Å². The van der Waals surface area contributed by atoms with Crippen molar-refractivity contribution in [2.45, 2.75) is 6.92 Å². The summed E-state index contributed by atoms with van der Waals surface area (Å²) in [5, 5.41) is 8.49. The van der Waals surface area contributed by atoms with Crippen LogP contribution < -0.4 is 0 Å². The Bertz CT molecular complexity index is 399. The summed E-state index contributed by atoms with van der Waals surface area (Å²) in [7, 11) is 0. The molecule has 0 atom stereocenters. The van der Waals surface area contributed by atoms with Crippen molar-refractivity contribution in [2.24, 2.45) is 0 Å². The van der Waals surface area contributed by atoms with Crippen molar-refractivity contribution < 1.29 is 9.90 Å². The lowest BCUT2D eigenvalue weighted by molar-refractivity contribution is -0.131. The van der Waals surface area contributed by atoms with E-state index in [0.717, 1.165) is 19.7 Å². The highest BCUT2D eigenvalue weighted by atomic mass is 127. The van der Waals surface area contributed by atoms with Gasteiger partial charge in [-0.15, -0.1) is 0 Å². The second-order valence-electron chi connectivity index (χ2n) is 2.77. The number of aryl methyl sites for hydroxylation is 1. The highest BCUT2D eigenvalue weighted by Gasteiger charge is 2.03. The minimum absolute atomic E-state index is 0.877. The van der Waals surface area contributed by atoms with Gasteiger partial charge in [0, 0.05) is 14.1 Å². The van der Waals surface area contributed by atoms with Gasteiger partial charge >= 0.3 is 5.97 Å². The molecule has 0 saturated heterocycles. The quantitative estimate of drug-likeness (QED) is 0.642. The Hall–Kier alpha value is -0.360. The number of hydrogen-bond acceptors (Lipinski definition) is 1. The summed E-state index contributed by atoms with van der Waals surface area (Å²) in [6, 6.07) is 3.86. The van der Waals surface area contributed by atoms with Gasteiger partial charge in [0.15, 0.2) is 0 Å². The maximum atomic E-state index is 10.3. The van der Waals surface area contributed by atoms with Gasteiger partial charge in [-0.05, 0) is 62.6 Å². The standard InChI is InChI=1S/C10H8BrIO2/c1-6-2-3-7(4-5-8(13)14)9(11)10(6)12/h2-5H,1H3,(H,13,14)/b5-4+. The topological polar surface area (TPSA) is 37.3 Å². The van der Waals surface area contributed by atoms with Gasteiger partial charge in [0.25, 0.3) is 0 Å². The molecule has 0 heterocycles. The zero-order valence-corrected chi connectivity index (χ0v) is 11.2. The summed E-state index contributed by atoms with van der Waals surface area (Å²) in [5.74, 6) is -0.938. The maximum absolute atomic E-state index is 10.3. The van der Waals surface area contributed by atoms with Gasteiger partial charge in [-0.1, -0.05) is 12.1 Å². The minimum Gasteiger partial charge on any atom is -0.478 e. The summed E-state index contributed by atoms with van der Waals surface area (Å²) < 4.78 is 2.05. The number of aliphatic carboxylic acids is 1. The summed E-state index contributed by atoms with van der Waals surface area (Å²) in [4.78, 5) is 10.3. The lowest BCUT2D eigenvalue weighted by atomic mass is 10.1. The summed E-state index contributed by atoms with van der Waals surface area (Å²) in [5.41, 5.74) is 2.05. The molecule has 0 saturated carbocycles. The van der Waals surface area contributed by atoms with Crippen LogP contribution in [0.4, 0.5) is 0 Å². The van der Waals surface area contributed by atoms with Crippen molar-refractivity contribution in [2.75, 3.05) is 0 Å². The molecule has 0 aliphatic heterocycles. The number of carboxylic acid groups (broad SMARTS) is 1. The fraction of sp³-hybridized carbons (Fsp3) is 0.100. The van der Waals surface area contributed by atoms with Crippen molar-refractivity contribution in [3.8, 4) is 0 Å². The normalized spacial score (nSPS) is 10.8. The van der Waals surface area contributed by atoms with Crippen LogP contribution in [0, 0.1) is 10.5 Å². The Kier molecular flexibility index (Phi) is 4.12. The molecule has 0 aromatic heterocycles. The molecule has 14 heavy (non-hydrogen) atoms. The van der Waals surface area contributed by atoms with E-state index in [-0.39, 0.29) is 0 Å². The predicted octanol–water partition coefficient (Wildman–Crippen LogP) is 3.46. The van der Waals surface area contributed by atoms with Gasteiger partial charge in [-0.2, -0.15) is 0 Å². The first kappa shape index (κ1) is 11.7. The van der Waals surface area contributed by atoms with Gasteiger partial charge in [-0.3, -0.25) is 0 Å². The van der Waals surface area contributed by atoms with Crippen molar-refractivity contribution in [3.05, 3.63) is 37.4 Å². The van der Waals surface area contributed by atoms with Crippen molar-refractivity contribution in [1.82, 2.24) is 0 Å². The molecule has 1 aromatic rings. The lowest BCUT2D eigenvalue weighted by Gasteiger charge is -2.04. The summed E-state index contributed by atoms with van der Waals surface area (Å²) in [6.07, 6.45) is 2.71. The van der Waals surface area contributed by atoms with E-state index in [1.54, 1.807) is 6.08 Å². The molecule has 4 heteroatoms. The van der Waals surface area contributed by atoms with Crippen LogP contribution >= 0.6 is 38.5 Å². The fourth-order valence-electron chi connectivity index (χ4n) is 0.951. The van der Waals surface area contributed by atoms with Crippen LogP contribution in [0.15, 0.2) is 22.7 Å². The van der Waals surface area contributed by atoms with Crippen molar-refractivity contribution in [1.29, 1.82) is 0 Å². The summed E-state index contributed by atoms with van der Waals surface area (Å²) in [6.45, 7) is 2.01. The van der Waals surface area contributed by atoms with Crippen LogP contribution in [0.1, 0.15) is 11.1 Å². The van der Waals surface area contributed by atoms with Crippen LogP contribution in [-0.4, -0.2) is 11.1 Å². The molecule has 0 amide bonds. The van der Waals surface area contributed by atoms with E-state index >= 15 is 0 Å². The Morgan fingerprint density at radius 1 is 1.57 bits per heavy atom. The number of carboxylic acids is 1. The lowest BCUT2D eigenvalue weighted by Crippen LogP contribution is -1.88. The first-order valence-electron chi connectivity index (χ1n) is 3.88. The number of hydrogen-bond donors (Lipinski definition) is 1. The Morgan fingerprint density at radius 2 is 2.21 bits per heavy atom. The maximum Gasteiger partial charge on any atom is 0.328 e. The number of halogens is 2. The van der Waals surface area contributed by atoms with Crippen LogP contribution in [0.2, 0.25) is 0 Å². The largest absolute Gasteiger partial charge is 0.478 e. The molecular formula is C10H8BrIO2. The van der Waals surface area contributed by atoms with Gasteiger partial charge in [0.05, 0.1) is 0 Å². The molecule has 1 aromatic carbocycles. The van der Waals surface area contributed by atoms with E-state index in [4.69, 9.17) is 5.11 Å². The molecule has 1 rings (SSSR count). The van der Waals surface area contributed by atoms with Gasteiger partial charge < -0.3 is 5.11 Å². The highest BCUT2D eigenvalue weighted by molar-refractivity contribution is 14.1. The molecule has 2 nitrogen and oxygen atoms in total. The Morgan fingerprint density at radius 3 is 2.79 bits per heavy atom. The number of benzene rings is 1. The van der Waals surface area contributed by atoms with E-state index in [1.807, 2.05) is 19.1 Å². The van der Waals surface area contributed by atoms with Crippen molar-refractivity contribution in [3.63, 3.8) is 0 Å². The zero-order valence-electron chi connectivity index (χ0n) is 7.42. The third kappa shape index (κ3) is 2.81. The molecule has 74 valence electrons. The second-order valence-corrected chi connectivity index (χ2v) is 4.64. The molecule has 0 radical (unpaired) electrons. The van der Waals surface area contributed by atoms with E-state index in [0.29, 0.717) is 0 Å². The SMILES string of the molecule is Cc1ccc(/C=C/C(=O)O)c(Br)c1I. The van der Waals surface area contributed by atoms with Crippen molar-refractivity contribution >= 4 is 50.6 Å². The molecule has 0 unspecified atom stereocenters. The van der Waals surface area contributed by atoms with E-state index in [1.165, 1.54) is 5.56 Å². The minimum atomic E-state index is -0.938. The first-order chi connectivity index (χ1) is 6.52. The van der Waals surface area contributed by atoms with Crippen LogP contribution in [0.25, 0.3) is 6.08 Å². The average molecular weight is 367 g/mol. The molecule has 0 aliphatic carbocycles. The molecule has 0 fully saturated rings.